The Hall–Kier alpha value is -3.68. The van der Waals surface area contributed by atoms with Crippen molar-refractivity contribution < 1.29 is 19.2 Å². The van der Waals surface area contributed by atoms with E-state index < -0.39 is 35.8 Å². The zero-order valence-electron chi connectivity index (χ0n) is 17.8. The maximum absolute atomic E-state index is 13.1. The predicted octanol–water partition coefficient (Wildman–Crippen LogP) is 2.32. The summed E-state index contributed by atoms with van der Waals surface area (Å²) in [5, 5.41) is 5.50. The molecule has 1 atom stereocenters. The van der Waals surface area contributed by atoms with Crippen LogP contribution in [-0.4, -0.2) is 35.2 Å². The average Bonchev–Trinajstić information content (AvgIpc) is 2.97. The maximum Gasteiger partial charge on any atom is 0.325 e. The molecule has 2 aromatic carbocycles. The SMILES string of the molecule is CCc1cccc(CC)c1NC(=O)CN1C(=O)NC(C)(c2cccc(C(N)=O)c2)C1=O. The molecule has 1 fully saturated rings. The Morgan fingerprint density at radius 2 is 1.68 bits per heavy atom. The van der Waals surface area contributed by atoms with Crippen LogP contribution in [0.2, 0.25) is 0 Å². The number of imide groups is 1. The largest absolute Gasteiger partial charge is 0.366 e. The third-order valence-corrected chi connectivity index (χ3v) is 5.56. The van der Waals surface area contributed by atoms with Gasteiger partial charge in [0.1, 0.15) is 12.1 Å². The highest BCUT2D eigenvalue weighted by Gasteiger charge is 2.49. The van der Waals surface area contributed by atoms with Crippen molar-refractivity contribution in [1.29, 1.82) is 0 Å². The lowest BCUT2D eigenvalue weighted by molar-refractivity contribution is -0.133. The molecule has 0 aromatic heterocycles. The fourth-order valence-corrected chi connectivity index (χ4v) is 3.75. The van der Waals surface area contributed by atoms with Crippen LogP contribution in [0.1, 0.15) is 47.8 Å². The second-order valence-corrected chi connectivity index (χ2v) is 7.60. The highest BCUT2D eigenvalue weighted by Crippen LogP contribution is 2.29. The van der Waals surface area contributed by atoms with Crippen LogP contribution in [0.3, 0.4) is 0 Å². The number of benzene rings is 2. The number of carbonyl (C=O) groups is 4. The third kappa shape index (κ3) is 4.14. The molecule has 0 radical (unpaired) electrons. The Morgan fingerprint density at radius 3 is 2.26 bits per heavy atom. The topological polar surface area (TPSA) is 122 Å². The van der Waals surface area contributed by atoms with Crippen molar-refractivity contribution in [3.63, 3.8) is 0 Å². The molecule has 3 rings (SSSR count). The lowest BCUT2D eigenvalue weighted by Crippen LogP contribution is -2.42. The van der Waals surface area contributed by atoms with Crippen LogP contribution in [0.4, 0.5) is 10.5 Å². The molecule has 1 unspecified atom stereocenters. The summed E-state index contributed by atoms with van der Waals surface area (Å²) in [7, 11) is 0. The van der Waals surface area contributed by atoms with Gasteiger partial charge in [-0.3, -0.25) is 19.3 Å². The van der Waals surface area contributed by atoms with Gasteiger partial charge in [-0.05, 0) is 48.6 Å². The summed E-state index contributed by atoms with van der Waals surface area (Å²) >= 11 is 0. The van der Waals surface area contributed by atoms with Gasteiger partial charge in [-0.25, -0.2) is 4.79 Å². The number of amides is 5. The number of anilines is 1. The summed E-state index contributed by atoms with van der Waals surface area (Å²) in [6.07, 6.45) is 1.47. The van der Waals surface area contributed by atoms with Crippen molar-refractivity contribution in [3.05, 3.63) is 64.7 Å². The molecule has 0 bridgehead atoms. The summed E-state index contributed by atoms with van der Waals surface area (Å²) in [6.45, 7) is 5.10. The number of primary amides is 1. The van der Waals surface area contributed by atoms with Gasteiger partial charge >= 0.3 is 6.03 Å². The quantitative estimate of drug-likeness (QED) is 0.593. The number of nitrogens with two attached hydrogens (primary N) is 1. The summed E-state index contributed by atoms with van der Waals surface area (Å²) in [5.74, 6) is -1.68. The highest BCUT2D eigenvalue weighted by atomic mass is 16.2. The summed E-state index contributed by atoms with van der Waals surface area (Å²) < 4.78 is 0. The second kappa shape index (κ2) is 8.59. The minimum absolute atomic E-state index is 0.222. The minimum Gasteiger partial charge on any atom is -0.366 e. The maximum atomic E-state index is 13.1. The molecule has 31 heavy (non-hydrogen) atoms. The van der Waals surface area contributed by atoms with E-state index >= 15 is 0 Å². The first kappa shape index (κ1) is 22.0. The van der Waals surface area contributed by atoms with Crippen LogP contribution in [0.5, 0.6) is 0 Å². The van der Waals surface area contributed by atoms with E-state index in [1.807, 2.05) is 32.0 Å². The molecular weight excluding hydrogens is 396 g/mol. The Labute approximate surface area is 180 Å². The molecule has 5 amide bonds. The molecule has 162 valence electrons. The summed E-state index contributed by atoms with van der Waals surface area (Å²) in [4.78, 5) is 50.8. The van der Waals surface area contributed by atoms with Gasteiger partial charge in [0.2, 0.25) is 11.8 Å². The van der Waals surface area contributed by atoms with Crippen molar-refractivity contribution in [1.82, 2.24) is 10.2 Å². The number of nitrogens with one attached hydrogen (secondary N) is 2. The van der Waals surface area contributed by atoms with Gasteiger partial charge in [-0.1, -0.05) is 44.2 Å². The van der Waals surface area contributed by atoms with E-state index in [4.69, 9.17) is 5.73 Å². The Bertz CT molecular complexity index is 1040. The normalized spacial score (nSPS) is 18.1. The number of carbonyl (C=O) groups excluding carboxylic acids is 4. The Morgan fingerprint density at radius 1 is 1.06 bits per heavy atom. The number of urea groups is 1. The van der Waals surface area contributed by atoms with E-state index in [1.165, 1.54) is 19.1 Å². The van der Waals surface area contributed by atoms with E-state index in [1.54, 1.807) is 12.1 Å². The first-order chi connectivity index (χ1) is 14.7. The van der Waals surface area contributed by atoms with Crippen LogP contribution in [0.25, 0.3) is 0 Å². The number of para-hydroxylation sites is 1. The molecule has 2 aromatic rings. The van der Waals surface area contributed by atoms with Crippen LogP contribution < -0.4 is 16.4 Å². The van der Waals surface area contributed by atoms with E-state index in [-0.39, 0.29) is 5.56 Å². The van der Waals surface area contributed by atoms with Gasteiger partial charge in [-0.15, -0.1) is 0 Å². The summed E-state index contributed by atoms with van der Waals surface area (Å²) in [6, 6.07) is 11.3. The molecule has 1 heterocycles. The smallest absolute Gasteiger partial charge is 0.325 e. The number of hydrogen-bond donors (Lipinski definition) is 3. The monoisotopic (exact) mass is 422 g/mol. The third-order valence-electron chi connectivity index (χ3n) is 5.56. The minimum atomic E-state index is -1.40. The highest BCUT2D eigenvalue weighted by molar-refractivity contribution is 6.10. The lowest BCUT2D eigenvalue weighted by Gasteiger charge is -2.22. The molecule has 0 aliphatic carbocycles. The molecule has 1 aliphatic rings. The van der Waals surface area contributed by atoms with E-state index in [0.29, 0.717) is 5.56 Å². The average molecular weight is 422 g/mol. The molecular formula is C23H26N4O4. The van der Waals surface area contributed by atoms with Gasteiger partial charge in [0, 0.05) is 11.3 Å². The molecule has 8 heteroatoms. The van der Waals surface area contributed by atoms with Crippen molar-refractivity contribution in [2.75, 3.05) is 11.9 Å². The van der Waals surface area contributed by atoms with Crippen LogP contribution in [0.15, 0.2) is 42.5 Å². The summed E-state index contributed by atoms with van der Waals surface area (Å²) in [5.41, 5.74) is 7.25. The van der Waals surface area contributed by atoms with Crippen molar-refractivity contribution in [2.45, 2.75) is 39.2 Å². The Balaban J connectivity index is 1.82. The van der Waals surface area contributed by atoms with Gasteiger partial charge in [0.25, 0.3) is 5.91 Å². The molecule has 4 N–H and O–H groups in total. The molecule has 1 saturated heterocycles. The fraction of sp³-hybridized carbons (Fsp3) is 0.304. The first-order valence-corrected chi connectivity index (χ1v) is 10.2. The van der Waals surface area contributed by atoms with Crippen LogP contribution in [0, 0.1) is 0 Å². The number of nitrogens with zero attached hydrogens (tertiary/aromatic N) is 1. The van der Waals surface area contributed by atoms with Crippen molar-refractivity contribution in [3.8, 4) is 0 Å². The van der Waals surface area contributed by atoms with Gasteiger partial charge in [0.15, 0.2) is 0 Å². The molecule has 8 nitrogen and oxygen atoms in total. The standard InChI is InChI=1S/C23H26N4O4/c1-4-14-8-6-9-15(5-2)19(14)25-18(28)13-27-21(30)23(3,26-22(27)31)17-11-7-10-16(12-17)20(24)29/h6-12H,4-5,13H2,1-3H3,(H2,24,29)(H,25,28)(H,26,31). The number of rotatable bonds is 7. The van der Waals surface area contributed by atoms with E-state index in [2.05, 4.69) is 10.6 Å². The van der Waals surface area contributed by atoms with Crippen LogP contribution in [-0.2, 0) is 28.0 Å². The zero-order valence-corrected chi connectivity index (χ0v) is 17.8. The van der Waals surface area contributed by atoms with Gasteiger partial charge in [-0.2, -0.15) is 0 Å². The molecule has 0 spiro atoms. The number of hydrogen-bond acceptors (Lipinski definition) is 4. The zero-order chi connectivity index (χ0) is 22.8. The Kier molecular flexibility index (Phi) is 6.10. The second-order valence-electron chi connectivity index (χ2n) is 7.60. The number of aryl methyl sites for hydroxylation is 2. The van der Waals surface area contributed by atoms with Gasteiger partial charge in [0.05, 0.1) is 0 Å². The van der Waals surface area contributed by atoms with Gasteiger partial charge < -0.3 is 16.4 Å². The predicted molar refractivity (Wildman–Crippen MR) is 116 cm³/mol. The van der Waals surface area contributed by atoms with E-state index in [9.17, 15) is 19.2 Å². The molecule has 1 aliphatic heterocycles. The first-order valence-electron chi connectivity index (χ1n) is 10.2. The molecule has 0 saturated carbocycles. The van der Waals surface area contributed by atoms with Crippen molar-refractivity contribution in [2.24, 2.45) is 5.73 Å². The lowest BCUT2D eigenvalue weighted by atomic mass is 9.90. The van der Waals surface area contributed by atoms with Crippen molar-refractivity contribution >= 4 is 29.4 Å². The van der Waals surface area contributed by atoms with Crippen LogP contribution >= 0.6 is 0 Å². The fourth-order valence-electron chi connectivity index (χ4n) is 3.75. The van der Waals surface area contributed by atoms with E-state index in [0.717, 1.165) is 34.6 Å².